The van der Waals surface area contributed by atoms with Crippen LogP contribution < -0.4 is 10.2 Å². The van der Waals surface area contributed by atoms with E-state index in [0.29, 0.717) is 21.8 Å². The molecule has 3 aromatic rings. The maximum Gasteiger partial charge on any atom is 0.282 e. The summed E-state index contributed by atoms with van der Waals surface area (Å²) in [7, 11) is 0. The Hall–Kier alpha value is -3.25. The number of amides is 2. The van der Waals surface area contributed by atoms with Crippen molar-refractivity contribution < 1.29 is 14.0 Å². The van der Waals surface area contributed by atoms with Crippen LogP contribution in [0.1, 0.15) is 10.4 Å². The van der Waals surface area contributed by atoms with Gasteiger partial charge in [-0.2, -0.15) is 0 Å². The van der Waals surface area contributed by atoms with Crippen molar-refractivity contribution in [2.24, 2.45) is 0 Å². The van der Waals surface area contributed by atoms with Crippen molar-refractivity contribution in [3.8, 4) is 0 Å². The molecule has 1 aliphatic rings. The van der Waals surface area contributed by atoms with E-state index in [1.807, 2.05) is 30.5 Å². The first kappa shape index (κ1) is 17.2. The molecule has 0 bridgehead atoms. The topological polar surface area (TPSA) is 49.4 Å². The minimum Gasteiger partial charge on any atom is -0.350 e. The average molecular weight is 378 g/mol. The zero-order valence-corrected chi connectivity index (χ0v) is 15.2. The third kappa shape index (κ3) is 3.04. The number of nitrogens with one attached hydrogen (secondary N) is 1. The summed E-state index contributed by atoms with van der Waals surface area (Å²) in [6.45, 7) is 1.85. The molecule has 0 unspecified atom stereocenters. The summed E-state index contributed by atoms with van der Waals surface area (Å²) >= 11 is 1.37. The molecule has 2 aromatic carbocycles. The first-order chi connectivity index (χ1) is 13.1. The molecule has 0 fully saturated rings. The van der Waals surface area contributed by atoms with E-state index in [9.17, 15) is 14.0 Å². The first-order valence-corrected chi connectivity index (χ1v) is 9.19. The number of benzene rings is 2. The Labute approximate surface area is 159 Å². The number of rotatable bonds is 4. The molecule has 0 spiro atoms. The van der Waals surface area contributed by atoms with Crippen LogP contribution in [-0.2, 0) is 9.59 Å². The quantitative estimate of drug-likeness (QED) is 0.676. The van der Waals surface area contributed by atoms with Gasteiger partial charge in [0.15, 0.2) is 0 Å². The summed E-state index contributed by atoms with van der Waals surface area (Å²) in [4.78, 5) is 28.2. The monoisotopic (exact) mass is 378 g/mol. The van der Waals surface area contributed by atoms with Crippen molar-refractivity contribution in [2.75, 3.05) is 10.2 Å². The highest BCUT2D eigenvalue weighted by molar-refractivity contribution is 7.11. The predicted molar refractivity (Wildman–Crippen MR) is 105 cm³/mol. The lowest BCUT2D eigenvalue weighted by Crippen LogP contribution is -2.32. The van der Waals surface area contributed by atoms with E-state index in [-0.39, 0.29) is 5.70 Å². The fourth-order valence-electron chi connectivity index (χ4n) is 3.04. The highest BCUT2D eigenvalue weighted by Crippen LogP contribution is 2.36. The van der Waals surface area contributed by atoms with Gasteiger partial charge >= 0.3 is 0 Å². The molecule has 6 heteroatoms. The van der Waals surface area contributed by atoms with Crippen LogP contribution in [0.25, 0.3) is 5.57 Å². The molecule has 4 rings (SSSR count). The number of imide groups is 1. The molecule has 1 aliphatic heterocycles. The summed E-state index contributed by atoms with van der Waals surface area (Å²) in [6.07, 6.45) is 0. The van der Waals surface area contributed by atoms with Crippen molar-refractivity contribution in [2.45, 2.75) is 6.92 Å². The molecular weight excluding hydrogens is 363 g/mol. The van der Waals surface area contributed by atoms with E-state index in [4.69, 9.17) is 0 Å². The molecule has 0 saturated heterocycles. The lowest BCUT2D eigenvalue weighted by Gasteiger charge is -2.17. The second-order valence-corrected chi connectivity index (χ2v) is 7.04. The van der Waals surface area contributed by atoms with Crippen LogP contribution in [0.3, 0.4) is 0 Å². The lowest BCUT2D eigenvalue weighted by molar-refractivity contribution is -0.120. The van der Waals surface area contributed by atoms with Crippen molar-refractivity contribution >= 4 is 40.1 Å². The summed E-state index contributed by atoms with van der Waals surface area (Å²) in [5.41, 5.74) is 2.21. The van der Waals surface area contributed by atoms with E-state index < -0.39 is 17.6 Å². The molecule has 0 aliphatic carbocycles. The van der Waals surface area contributed by atoms with E-state index in [1.54, 1.807) is 30.3 Å². The van der Waals surface area contributed by atoms with Crippen LogP contribution in [0.5, 0.6) is 0 Å². The van der Waals surface area contributed by atoms with Gasteiger partial charge in [-0.15, -0.1) is 11.3 Å². The number of hydrogen-bond acceptors (Lipinski definition) is 4. The van der Waals surface area contributed by atoms with Gasteiger partial charge in [0.2, 0.25) is 0 Å². The molecule has 1 aromatic heterocycles. The van der Waals surface area contributed by atoms with Gasteiger partial charge in [-0.1, -0.05) is 30.3 Å². The Morgan fingerprint density at radius 2 is 1.78 bits per heavy atom. The van der Waals surface area contributed by atoms with Crippen LogP contribution >= 0.6 is 11.3 Å². The van der Waals surface area contributed by atoms with Crippen molar-refractivity contribution in [3.05, 3.63) is 88.0 Å². The number of nitrogens with zero attached hydrogens (tertiary/aromatic N) is 1. The maximum atomic E-state index is 13.6. The van der Waals surface area contributed by atoms with Crippen LogP contribution in [0.2, 0.25) is 0 Å². The number of carbonyl (C=O) groups excluding carboxylic acids is 2. The Balaban J connectivity index is 1.82. The van der Waals surface area contributed by atoms with Gasteiger partial charge in [0.1, 0.15) is 11.5 Å². The van der Waals surface area contributed by atoms with Gasteiger partial charge in [-0.25, -0.2) is 9.29 Å². The highest BCUT2D eigenvalue weighted by Gasteiger charge is 2.41. The molecule has 2 amide bonds. The second-order valence-electron chi connectivity index (χ2n) is 6.09. The van der Waals surface area contributed by atoms with E-state index in [0.717, 1.165) is 5.56 Å². The fourth-order valence-corrected chi connectivity index (χ4v) is 3.81. The number of hydrogen-bond donors (Lipinski definition) is 1. The average Bonchev–Trinajstić information content (AvgIpc) is 3.24. The first-order valence-electron chi connectivity index (χ1n) is 8.31. The number of halogens is 1. The Kier molecular flexibility index (Phi) is 4.33. The highest BCUT2D eigenvalue weighted by atomic mass is 32.1. The lowest BCUT2D eigenvalue weighted by atomic mass is 10.1. The predicted octanol–water partition coefficient (Wildman–Crippen LogP) is 4.59. The summed E-state index contributed by atoms with van der Waals surface area (Å²) in [5, 5.41) is 4.80. The Bertz CT molecular complexity index is 1070. The van der Waals surface area contributed by atoms with E-state index >= 15 is 0 Å². The zero-order chi connectivity index (χ0) is 19.0. The Morgan fingerprint density at radius 1 is 0.963 bits per heavy atom. The van der Waals surface area contributed by atoms with Gasteiger partial charge in [0, 0.05) is 10.6 Å². The van der Waals surface area contributed by atoms with Crippen molar-refractivity contribution in [1.29, 1.82) is 0 Å². The van der Waals surface area contributed by atoms with E-state index in [1.165, 1.54) is 28.4 Å². The van der Waals surface area contributed by atoms with Crippen LogP contribution in [0.4, 0.5) is 15.8 Å². The molecule has 27 heavy (non-hydrogen) atoms. The minimum absolute atomic E-state index is 0.149. The Morgan fingerprint density at radius 3 is 2.48 bits per heavy atom. The number of para-hydroxylation sites is 1. The standard InChI is InChI=1S/C21H15FN2O2S/c1-13-6-2-3-9-16(13)24-20(25)18(17-10-5-11-27-17)19(21(24)26)23-15-8-4-7-14(22)12-15/h2-12,23H,1H3. The molecule has 1 N–H and O–H groups in total. The van der Waals surface area contributed by atoms with Gasteiger partial charge in [0.05, 0.1) is 11.3 Å². The molecule has 0 radical (unpaired) electrons. The molecule has 4 nitrogen and oxygen atoms in total. The van der Waals surface area contributed by atoms with Crippen molar-refractivity contribution in [3.63, 3.8) is 0 Å². The number of anilines is 2. The molecular formula is C21H15FN2O2S. The van der Waals surface area contributed by atoms with Gasteiger partial charge in [0.25, 0.3) is 11.8 Å². The summed E-state index contributed by atoms with van der Waals surface area (Å²) in [5.74, 6) is -1.27. The maximum absolute atomic E-state index is 13.6. The van der Waals surface area contributed by atoms with E-state index in [2.05, 4.69) is 5.32 Å². The zero-order valence-electron chi connectivity index (χ0n) is 14.4. The SMILES string of the molecule is Cc1ccccc1N1C(=O)C(Nc2cccc(F)c2)=C(c2cccs2)C1=O. The van der Waals surface area contributed by atoms with Gasteiger partial charge < -0.3 is 5.32 Å². The third-order valence-electron chi connectivity index (χ3n) is 4.30. The van der Waals surface area contributed by atoms with Gasteiger partial charge in [-0.05, 0) is 48.2 Å². The van der Waals surface area contributed by atoms with Crippen molar-refractivity contribution in [1.82, 2.24) is 0 Å². The smallest absolute Gasteiger partial charge is 0.282 e. The molecule has 0 atom stereocenters. The minimum atomic E-state index is -0.457. The third-order valence-corrected chi connectivity index (χ3v) is 5.19. The number of carbonyl (C=O) groups is 2. The van der Waals surface area contributed by atoms with Crippen LogP contribution in [0.15, 0.2) is 71.7 Å². The van der Waals surface area contributed by atoms with Crippen LogP contribution in [-0.4, -0.2) is 11.8 Å². The molecule has 0 saturated carbocycles. The summed E-state index contributed by atoms with van der Waals surface area (Å²) in [6, 6.07) is 16.6. The van der Waals surface area contributed by atoms with Gasteiger partial charge in [-0.3, -0.25) is 9.59 Å². The number of aryl methyl sites for hydroxylation is 1. The van der Waals surface area contributed by atoms with Crippen LogP contribution in [0, 0.1) is 12.7 Å². The molecule has 134 valence electrons. The number of thiophene rings is 1. The summed E-state index contributed by atoms with van der Waals surface area (Å²) < 4.78 is 13.6. The fraction of sp³-hybridized carbons (Fsp3) is 0.0476. The normalized spacial score (nSPS) is 14.2. The largest absolute Gasteiger partial charge is 0.350 e. The second kappa shape index (κ2) is 6.81. The molecule has 2 heterocycles.